The predicted octanol–water partition coefficient (Wildman–Crippen LogP) is 2.69. The second-order valence-electron chi connectivity index (χ2n) is 5.56. The Kier molecular flexibility index (Phi) is 5.17. The Morgan fingerprint density at radius 1 is 1.33 bits per heavy atom. The van der Waals surface area contributed by atoms with Crippen molar-refractivity contribution in [1.29, 1.82) is 0 Å². The summed E-state index contributed by atoms with van der Waals surface area (Å²) in [5.74, 6) is 0.0250. The Hall–Kier alpha value is -1.06. The first-order valence-corrected chi connectivity index (χ1v) is 6.39. The highest BCUT2D eigenvalue weighted by atomic mass is 35.5. The van der Waals surface area contributed by atoms with Crippen LogP contribution in [0.3, 0.4) is 0 Å². The molecule has 3 nitrogen and oxygen atoms in total. The molecule has 1 aromatic rings. The van der Waals surface area contributed by atoms with E-state index in [9.17, 15) is 4.79 Å². The van der Waals surface area contributed by atoms with Crippen molar-refractivity contribution in [2.75, 3.05) is 13.6 Å². The largest absolute Gasteiger partial charge is 0.350 e. The molecule has 1 aromatic carbocycles. The Balaban J connectivity index is 2.50. The van der Waals surface area contributed by atoms with Gasteiger partial charge in [0.15, 0.2) is 0 Å². The molecule has 18 heavy (non-hydrogen) atoms. The van der Waals surface area contributed by atoms with Crippen LogP contribution in [0.4, 0.5) is 0 Å². The van der Waals surface area contributed by atoms with Crippen LogP contribution >= 0.6 is 11.6 Å². The van der Waals surface area contributed by atoms with Crippen molar-refractivity contribution in [2.24, 2.45) is 0 Å². The SMILES string of the molecule is CN(CC(=O)NC(C)(C)C)Cc1ccccc1Cl. The molecule has 4 heteroatoms. The smallest absolute Gasteiger partial charge is 0.234 e. The van der Waals surface area contributed by atoms with Crippen molar-refractivity contribution < 1.29 is 4.79 Å². The standard InChI is InChI=1S/C14H21ClN2O/c1-14(2,3)16-13(18)10-17(4)9-11-7-5-6-8-12(11)15/h5-8H,9-10H2,1-4H3,(H,16,18). The fourth-order valence-electron chi connectivity index (χ4n) is 1.68. The summed E-state index contributed by atoms with van der Waals surface area (Å²) >= 11 is 6.08. The normalized spacial score (nSPS) is 11.7. The van der Waals surface area contributed by atoms with Crippen LogP contribution in [0.5, 0.6) is 0 Å². The number of carbonyl (C=O) groups excluding carboxylic acids is 1. The average molecular weight is 269 g/mol. The lowest BCUT2D eigenvalue weighted by Crippen LogP contribution is -2.45. The number of nitrogens with one attached hydrogen (secondary N) is 1. The lowest BCUT2D eigenvalue weighted by molar-refractivity contribution is -0.123. The third kappa shape index (κ3) is 5.52. The van der Waals surface area contributed by atoms with E-state index in [1.54, 1.807) is 0 Å². The molecule has 0 aliphatic heterocycles. The van der Waals surface area contributed by atoms with Gasteiger partial charge >= 0.3 is 0 Å². The summed E-state index contributed by atoms with van der Waals surface area (Å²) in [5.41, 5.74) is 0.840. The van der Waals surface area contributed by atoms with Gasteiger partial charge in [-0.15, -0.1) is 0 Å². The monoisotopic (exact) mass is 268 g/mol. The summed E-state index contributed by atoms with van der Waals surface area (Å²) in [6.07, 6.45) is 0. The molecule has 0 heterocycles. The second kappa shape index (κ2) is 6.21. The molecular weight excluding hydrogens is 248 g/mol. The lowest BCUT2D eigenvalue weighted by Gasteiger charge is -2.23. The quantitative estimate of drug-likeness (QED) is 0.911. The third-order valence-electron chi connectivity index (χ3n) is 2.33. The lowest BCUT2D eigenvalue weighted by atomic mass is 10.1. The van der Waals surface area contributed by atoms with Crippen molar-refractivity contribution in [3.05, 3.63) is 34.9 Å². The van der Waals surface area contributed by atoms with Crippen LogP contribution in [0.25, 0.3) is 0 Å². The molecule has 0 atom stereocenters. The van der Waals surface area contributed by atoms with Gasteiger partial charge in [0.2, 0.25) is 5.91 Å². The van der Waals surface area contributed by atoms with Crippen molar-refractivity contribution in [2.45, 2.75) is 32.9 Å². The predicted molar refractivity (Wildman–Crippen MR) is 75.7 cm³/mol. The van der Waals surface area contributed by atoms with E-state index in [1.165, 1.54) is 0 Å². The molecule has 100 valence electrons. The number of hydrogen-bond acceptors (Lipinski definition) is 2. The van der Waals surface area contributed by atoms with E-state index in [2.05, 4.69) is 5.32 Å². The van der Waals surface area contributed by atoms with Crippen molar-refractivity contribution >= 4 is 17.5 Å². The molecule has 0 aromatic heterocycles. The number of nitrogens with zero attached hydrogens (tertiary/aromatic N) is 1. The van der Waals surface area contributed by atoms with Gasteiger partial charge in [-0.2, -0.15) is 0 Å². The maximum Gasteiger partial charge on any atom is 0.234 e. The molecule has 0 spiro atoms. The number of likely N-dealkylation sites (N-methyl/N-ethyl adjacent to an activating group) is 1. The molecule has 1 N–H and O–H groups in total. The van der Waals surface area contributed by atoms with Crippen LogP contribution in [0.15, 0.2) is 24.3 Å². The van der Waals surface area contributed by atoms with E-state index in [4.69, 9.17) is 11.6 Å². The first kappa shape index (κ1) is 15.0. The van der Waals surface area contributed by atoms with Gasteiger partial charge in [0.05, 0.1) is 6.54 Å². The van der Waals surface area contributed by atoms with E-state index in [-0.39, 0.29) is 11.4 Å². The van der Waals surface area contributed by atoms with E-state index < -0.39 is 0 Å². The first-order chi connectivity index (χ1) is 8.28. The minimum atomic E-state index is -0.192. The van der Waals surface area contributed by atoms with Crippen LogP contribution in [-0.4, -0.2) is 29.9 Å². The fraction of sp³-hybridized carbons (Fsp3) is 0.500. The summed E-state index contributed by atoms with van der Waals surface area (Å²) in [6, 6.07) is 7.68. The zero-order chi connectivity index (χ0) is 13.8. The summed E-state index contributed by atoms with van der Waals surface area (Å²) in [7, 11) is 1.91. The highest BCUT2D eigenvalue weighted by molar-refractivity contribution is 6.31. The molecule has 1 rings (SSSR count). The summed E-state index contributed by atoms with van der Waals surface area (Å²) < 4.78 is 0. The van der Waals surface area contributed by atoms with Crippen molar-refractivity contribution in [3.63, 3.8) is 0 Å². The zero-order valence-electron chi connectivity index (χ0n) is 11.5. The molecule has 0 fully saturated rings. The van der Waals surface area contributed by atoms with Gasteiger partial charge in [0.1, 0.15) is 0 Å². The van der Waals surface area contributed by atoms with Gasteiger partial charge in [0, 0.05) is 17.1 Å². The van der Waals surface area contributed by atoms with Crippen molar-refractivity contribution in [1.82, 2.24) is 10.2 Å². The van der Waals surface area contributed by atoms with E-state index in [0.29, 0.717) is 13.1 Å². The van der Waals surface area contributed by atoms with Crippen LogP contribution in [0, 0.1) is 0 Å². The fourth-order valence-corrected chi connectivity index (χ4v) is 1.87. The first-order valence-electron chi connectivity index (χ1n) is 6.01. The molecule has 0 saturated carbocycles. The topological polar surface area (TPSA) is 32.3 Å². The minimum absolute atomic E-state index is 0.0250. The van der Waals surface area contributed by atoms with Crippen LogP contribution in [0.2, 0.25) is 5.02 Å². The van der Waals surface area contributed by atoms with Gasteiger partial charge in [0.25, 0.3) is 0 Å². The molecule has 0 unspecified atom stereocenters. The number of halogens is 1. The van der Waals surface area contributed by atoms with E-state index in [0.717, 1.165) is 10.6 Å². The molecule has 1 amide bonds. The summed E-state index contributed by atoms with van der Waals surface area (Å²) in [5, 5.41) is 3.67. The Morgan fingerprint density at radius 3 is 2.50 bits per heavy atom. The van der Waals surface area contributed by atoms with Gasteiger partial charge < -0.3 is 5.32 Å². The third-order valence-corrected chi connectivity index (χ3v) is 2.69. The Morgan fingerprint density at radius 2 is 1.94 bits per heavy atom. The van der Waals surface area contributed by atoms with E-state index in [1.807, 2.05) is 57.0 Å². The summed E-state index contributed by atoms with van der Waals surface area (Å²) in [4.78, 5) is 13.7. The molecular formula is C14H21ClN2O. The molecule has 0 radical (unpaired) electrons. The van der Waals surface area contributed by atoms with E-state index >= 15 is 0 Å². The minimum Gasteiger partial charge on any atom is -0.350 e. The average Bonchev–Trinajstić information content (AvgIpc) is 2.18. The maximum atomic E-state index is 11.8. The number of rotatable bonds is 4. The maximum absolute atomic E-state index is 11.8. The zero-order valence-corrected chi connectivity index (χ0v) is 12.2. The van der Waals surface area contributed by atoms with Crippen molar-refractivity contribution in [3.8, 4) is 0 Å². The van der Waals surface area contributed by atoms with Gasteiger partial charge in [-0.05, 0) is 39.4 Å². The Bertz CT molecular complexity index is 413. The number of amides is 1. The van der Waals surface area contributed by atoms with Crippen LogP contribution in [-0.2, 0) is 11.3 Å². The van der Waals surface area contributed by atoms with Crippen LogP contribution in [0.1, 0.15) is 26.3 Å². The molecule has 0 saturated heterocycles. The summed E-state index contributed by atoms with van der Waals surface area (Å²) in [6.45, 7) is 6.94. The van der Waals surface area contributed by atoms with Gasteiger partial charge in [-0.25, -0.2) is 0 Å². The highest BCUT2D eigenvalue weighted by Crippen LogP contribution is 2.16. The van der Waals surface area contributed by atoms with Gasteiger partial charge in [-0.1, -0.05) is 29.8 Å². The molecule has 0 aliphatic rings. The number of hydrogen-bond donors (Lipinski definition) is 1. The number of benzene rings is 1. The van der Waals surface area contributed by atoms with Crippen LogP contribution < -0.4 is 5.32 Å². The van der Waals surface area contributed by atoms with Gasteiger partial charge in [-0.3, -0.25) is 9.69 Å². The Labute approximate surface area is 114 Å². The second-order valence-corrected chi connectivity index (χ2v) is 5.97. The molecule has 0 bridgehead atoms. The molecule has 0 aliphatic carbocycles. The highest BCUT2D eigenvalue weighted by Gasteiger charge is 2.15. The number of carbonyl (C=O) groups is 1.